The van der Waals surface area contributed by atoms with Crippen molar-refractivity contribution in [3.63, 3.8) is 0 Å². The van der Waals surface area contributed by atoms with Gasteiger partial charge in [-0.25, -0.2) is 9.78 Å². The molecule has 0 bridgehead atoms. The van der Waals surface area contributed by atoms with Crippen LogP contribution in [0.3, 0.4) is 0 Å². The van der Waals surface area contributed by atoms with E-state index in [1.165, 1.54) is 12.5 Å². The molecule has 14 heteroatoms. The van der Waals surface area contributed by atoms with Crippen molar-refractivity contribution in [2.24, 2.45) is 28.1 Å². The summed E-state index contributed by atoms with van der Waals surface area (Å²) in [6.07, 6.45) is 3.67. The second kappa shape index (κ2) is 14.5. The number of carboxylic acid groups (broad SMARTS) is 1. The topological polar surface area (TPSA) is 244 Å². The molecule has 1 heterocycles. The normalized spacial score (nSPS) is 13.4. The van der Waals surface area contributed by atoms with Crippen molar-refractivity contribution in [2.45, 2.75) is 57.7 Å². The highest BCUT2D eigenvalue weighted by Gasteiger charge is 2.30. The zero-order valence-corrected chi connectivity index (χ0v) is 19.4. The van der Waals surface area contributed by atoms with E-state index < -0.39 is 41.8 Å². The van der Waals surface area contributed by atoms with Crippen molar-refractivity contribution in [1.82, 2.24) is 25.9 Å². The Labute approximate surface area is 197 Å². The Balaban J connectivity index is 3.01. The standard InChI is InChI=1S/C20H35N9O5/c1-11(2)6-15(19(33)34)29-17(31)13(4-3-5-25-20(22)23)28-18(32)14(27-16(30)8-21)7-12-9-24-10-26-12/h9-11,13-15H,3-8,21H2,1-2H3,(H,24,26)(H,27,30)(H,28,32)(H,29,31)(H,33,34)(H4,22,23,25). The van der Waals surface area contributed by atoms with Crippen LogP contribution < -0.4 is 33.2 Å². The number of H-pyrrole nitrogens is 1. The number of aliphatic imine (C=N–C) groups is 1. The molecular weight excluding hydrogens is 446 g/mol. The van der Waals surface area contributed by atoms with Crippen LogP contribution in [0.1, 0.15) is 38.8 Å². The first-order valence-electron chi connectivity index (χ1n) is 10.9. The highest BCUT2D eigenvalue weighted by Crippen LogP contribution is 2.08. The lowest BCUT2D eigenvalue weighted by molar-refractivity contribution is -0.142. The number of nitrogens with zero attached hydrogens (tertiary/aromatic N) is 2. The summed E-state index contributed by atoms with van der Waals surface area (Å²) in [5, 5.41) is 17.0. The van der Waals surface area contributed by atoms with E-state index >= 15 is 0 Å². The maximum Gasteiger partial charge on any atom is 0.326 e. The van der Waals surface area contributed by atoms with Gasteiger partial charge in [0, 0.05) is 24.9 Å². The molecule has 11 N–H and O–H groups in total. The zero-order chi connectivity index (χ0) is 25.7. The van der Waals surface area contributed by atoms with Gasteiger partial charge in [-0.3, -0.25) is 19.4 Å². The quantitative estimate of drug-likeness (QED) is 0.0751. The van der Waals surface area contributed by atoms with E-state index in [-0.39, 0.29) is 44.2 Å². The van der Waals surface area contributed by atoms with E-state index in [0.29, 0.717) is 12.1 Å². The number of guanidine groups is 1. The number of imidazole rings is 1. The third-order valence-corrected chi connectivity index (χ3v) is 4.72. The SMILES string of the molecule is CC(C)CC(NC(=O)C(CCCN=C(N)N)NC(=O)C(Cc1cnc[nH]1)NC(=O)CN)C(=O)O. The highest BCUT2D eigenvalue weighted by atomic mass is 16.4. The van der Waals surface area contributed by atoms with Gasteiger partial charge in [-0.15, -0.1) is 0 Å². The Morgan fingerprint density at radius 3 is 2.26 bits per heavy atom. The van der Waals surface area contributed by atoms with E-state index in [2.05, 4.69) is 30.9 Å². The third kappa shape index (κ3) is 10.8. The number of aromatic amines is 1. The van der Waals surface area contributed by atoms with Crippen LogP contribution in [-0.2, 0) is 25.6 Å². The van der Waals surface area contributed by atoms with Crippen LogP contribution in [0, 0.1) is 5.92 Å². The number of aliphatic carboxylic acids is 1. The average molecular weight is 482 g/mol. The van der Waals surface area contributed by atoms with Gasteiger partial charge >= 0.3 is 5.97 Å². The fraction of sp³-hybridized carbons (Fsp3) is 0.600. The number of rotatable bonds is 15. The largest absolute Gasteiger partial charge is 0.480 e. The van der Waals surface area contributed by atoms with Crippen molar-refractivity contribution < 1.29 is 24.3 Å². The molecule has 0 aliphatic rings. The Morgan fingerprint density at radius 2 is 1.74 bits per heavy atom. The van der Waals surface area contributed by atoms with Gasteiger partial charge in [0.1, 0.15) is 18.1 Å². The van der Waals surface area contributed by atoms with E-state index in [1.54, 1.807) is 0 Å². The van der Waals surface area contributed by atoms with Gasteiger partial charge in [-0.2, -0.15) is 0 Å². The van der Waals surface area contributed by atoms with Crippen LogP contribution in [0.15, 0.2) is 17.5 Å². The second-order valence-corrected chi connectivity index (χ2v) is 8.14. The molecule has 3 atom stereocenters. The molecule has 0 saturated heterocycles. The van der Waals surface area contributed by atoms with Crippen molar-refractivity contribution >= 4 is 29.7 Å². The highest BCUT2D eigenvalue weighted by molar-refractivity contribution is 5.93. The molecule has 0 aliphatic heterocycles. The van der Waals surface area contributed by atoms with E-state index in [1.807, 2.05) is 13.8 Å². The van der Waals surface area contributed by atoms with Crippen LogP contribution in [0.4, 0.5) is 0 Å². The van der Waals surface area contributed by atoms with Crippen molar-refractivity contribution in [3.05, 3.63) is 18.2 Å². The molecule has 34 heavy (non-hydrogen) atoms. The summed E-state index contributed by atoms with van der Waals surface area (Å²) < 4.78 is 0. The minimum absolute atomic E-state index is 0.0153. The molecule has 0 fully saturated rings. The summed E-state index contributed by atoms with van der Waals surface area (Å²) in [4.78, 5) is 59.9. The van der Waals surface area contributed by atoms with Crippen LogP contribution >= 0.6 is 0 Å². The van der Waals surface area contributed by atoms with Crippen molar-refractivity contribution in [2.75, 3.05) is 13.1 Å². The third-order valence-electron chi connectivity index (χ3n) is 4.72. The lowest BCUT2D eigenvalue weighted by Gasteiger charge is -2.24. The molecule has 190 valence electrons. The summed E-state index contributed by atoms with van der Waals surface area (Å²) in [6, 6.07) is -3.26. The maximum absolute atomic E-state index is 13.0. The van der Waals surface area contributed by atoms with Gasteiger partial charge < -0.3 is 43.2 Å². The summed E-state index contributed by atoms with van der Waals surface area (Å²) in [5.74, 6) is -3.15. The summed E-state index contributed by atoms with van der Waals surface area (Å²) in [6.45, 7) is 3.54. The van der Waals surface area contributed by atoms with Crippen LogP contribution in [0.2, 0.25) is 0 Å². The number of carboxylic acids is 1. The first kappa shape index (κ1) is 28.4. The number of nitrogens with one attached hydrogen (secondary N) is 4. The van der Waals surface area contributed by atoms with Crippen LogP contribution in [0.25, 0.3) is 0 Å². The van der Waals surface area contributed by atoms with Gasteiger partial charge in [0.05, 0.1) is 12.9 Å². The molecule has 1 rings (SSSR count). The van der Waals surface area contributed by atoms with E-state index in [0.717, 1.165) is 0 Å². The first-order valence-corrected chi connectivity index (χ1v) is 10.9. The van der Waals surface area contributed by atoms with Crippen LogP contribution in [0.5, 0.6) is 0 Å². The Morgan fingerprint density at radius 1 is 1.09 bits per heavy atom. The number of carbonyl (C=O) groups is 4. The molecular formula is C20H35N9O5. The molecule has 1 aromatic rings. The number of hydrogen-bond donors (Lipinski definition) is 8. The first-order chi connectivity index (χ1) is 16.0. The molecule has 3 amide bonds. The summed E-state index contributed by atoms with van der Waals surface area (Å²) >= 11 is 0. The molecule has 0 spiro atoms. The van der Waals surface area contributed by atoms with Gasteiger partial charge in [0.15, 0.2) is 5.96 Å². The van der Waals surface area contributed by atoms with E-state index in [4.69, 9.17) is 17.2 Å². The second-order valence-electron chi connectivity index (χ2n) is 8.14. The Kier molecular flexibility index (Phi) is 12.1. The zero-order valence-electron chi connectivity index (χ0n) is 19.4. The summed E-state index contributed by atoms with van der Waals surface area (Å²) in [7, 11) is 0. The Bertz CT molecular complexity index is 837. The molecule has 1 aromatic heterocycles. The molecule has 3 unspecified atom stereocenters. The lowest BCUT2D eigenvalue weighted by Crippen LogP contribution is -2.56. The van der Waals surface area contributed by atoms with Gasteiger partial charge in [-0.1, -0.05) is 13.8 Å². The predicted molar refractivity (Wildman–Crippen MR) is 124 cm³/mol. The van der Waals surface area contributed by atoms with Crippen LogP contribution in [-0.4, -0.2) is 75.9 Å². The number of amides is 3. The maximum atomic E-state index is 13.0. The number of hydrogen-bond acceptors (Lipinski definition) is 7. The fourth-order valence-electron chi connectivity index (χ4n) is 3.09. The number of carbonyl (C=O) groups excluding carboxylic acids is 3. The van der Waals surface area contributed by atoms with Gasteiger partial charge in [0.2, 0.25) is 17.7 Å². The van der Waals surface area contributed by atoms with Crippen molar-refractivity contribution in [3.8, 4) is 0 Å². The monoisotopic (exact) mass is 481 g/mol. The molecule has 0 aromatic carbocycles. The molecule has 0 aliphatic carbocycles. The predicted octanol–water partition coefficient (Wildman–Crippen LogP) is -2.45. The summed E-state index contributed by atoms with van der Waals surface area (Å²) in [5.41, 5.74) is 16.6. The lowest BCUT2D eigenvalue weighted by atomic mass is 10.0. The van der Waals surface area contributed by atoms with Crippen molar-refractivity contribution in [1.29, 1.82) is 0 Å². The fourth-order valence-corrected chi connectivity index (χ4v) is 3.09. The molecule has 0 radical (unpaired) electrons. The minimum atomic E-state index is -1.18. The van der Waals surface area contributed by atoms with Gasteiger partial charge in [0.25, 0.3) is 0 Å². The molecule has 14 nitrogen and oxygen atoms in total. The Hall–Kier alpha value is -3.68. The van der Waals surface area contributed by atoms with E-state index in [9.17, 15) is 24.3 Å². The minimum Gasteiger partial charge on any atom is -0.480 e. The van der Waals surface area contributed by atoms with Gasteiger partial charge in [-0.05, 0) is 25.2 Å². The number of aromatic nitrogens is 2. The smallest absolute Gasteiger partial charge is 0.326 e. The molecule has 0 saturated carbocycles. The number of nitrogens with two attached hydrogens (primary N) is 3. The average Bonchev–Trinajstić information content (AvgIpc) is 3.27.